The fraction of sp³-hybridized carbons (Fsp3) is 0.458. The van der Waals surface area contributed by atoms with E-state index in [0.29, 0.717) is 24.0 Å². The van der Waals surface area contributed by atoms with Crippen molar-refractivity contribution in [2.45, 2.75) is 37.4 Å². The van der Waals surface area contributed by atoms with Crippen LogP contribution in [0, 0.1) is 11.2 Å². The Morgan fingerprint density at radius 3 is 2.34 bits per heavy atom. The minimum absolute atomic E-state index is 0.0724. The maximum Gasteiger partial charge on any atom is 0.318 e. The van der Waals surface area contributed by atoms with Crippen molar-refractivity contribution >= 4 is 16.1 Å². The number of carbonyl (C=O) groups is 1. The molecule has 1 aliphatic heterocycles. The van der Waals surface area contributed by atoms with E-state index in [1.165, 1.54) is 4.90 Å². The fourth-order valence-electron chi connectivity index (χ4n) is 4.83. The molecular weight excluding hydrogens is 486 g/mol. The molecule has 2 atom stereocenters. The Morgan fingerprint density at radius 1 is 1.06 bits per heavy atom. The highest BCUT2D eigenvalue weighted by Gasteiger charge is 2.61. The van der Waals surface area contributed by atoms with Gasteiger partial charge in [0.15, 0.2) is 0 Å². The van der Waals surface area contributed by atoms with Crippen LogP contribution in [0.3, 0.4) is 0 Å². The molecule has 1 aliphatic carbocycles. The van der Waals surface area contributed by atoms with Gasteiger partial charge in [0.2, 0.25) is 16.0 Å². The zero-order chi connectivity index (χ0) is 25.2. The smallest absolute Gasteiger partial charge is 0.318 e. The second-order valence-corrected chi connectivity index (χ2v) is 10.9. The van der Waals surface area contributed by atoms with E-state index in [4.69, 9.17) is 0 Å². The molecule has 2 aromatic rings. The van der Waals surface area contributed by atoms with Gasteiger partial charge in [0.25, 0.3) is 0 Å². The molecule has 0 aromatic heterocycles. The fourth-order valence-corrected chi connectivity index (χ4v) is 5.69. The van der Waals surface area contributed by atoms with E-state index in [2.05, 4.69) is 10.0 Å². The third-order valence-electron chi connectivity index (χ3n) is 6.83. The van der Waals surface area contributed by atoms with Gasteiger partial charge in [0.1, 0.15) is 19.2 Å². The van der Waals surface area contributed by atoms with Gasteiger partial charge in [-0.25, -0.2) is 35.5 Å². The van der Waals surface area contributed by atoms with Gasteiger partial charge >= 0.3 is 6.03 Å². The minimum Gasteiger partial charge on any atom is -0.330 e. The van der Waals surface area contributed by atoms with Crippen LogP contribution in [0.5, 0.6) is 0 Å². The normalized spacial score (nSPS) is 21.0. The molecule has 2 aliphatic rings. The topological polar surface area (TPSA) is 78.5 Å². The highest BCUT2D eigenvalue weighted by atomic mass is 32.2. The summed E-state index contributed by atoms with van der Waals surface area (Å²) in [7, 11) is -4.29. The third kappa shape index (κ3) is 5.30. The maximum atomic E-state index is 15.6. The zero-order valence-electron chi connectivity index (χ0n) is 18.9. The molecule has 2 aromatic carbocycles. The Bertz CT molecular complexity index is 1160. The minimum atomic E-state index is -4.29. The Labute approximate surface area is 201 Å². The number of nitrogens with zero attached hydrogens (tertiary/aromatic N) is 1. The number of halogens is 4. The predicted molar refractivity (Wildman–Crippen MR) is 124 cm³/mol. The number of amides is 2. The highest BCUT2D eigenvalue weighted by molar-refractivity contribution is 7.89. The largest absolute Gasteiger partial charge is 0.330 e. The molecule has 0 unspecified atom stereocenters. The van der Waals surface area contributed by atoms with Crippen molar-refractivity contribution < 1.29 is 30.8 Å². The maximum absolute atomic E-state index is 15.6. The van der Waals surface area contributed by atoms with E-state index in [-0.39, 0.29) is 18.5 Å². The molecule has 4 rings (SSSR count). The quantitative estimate of drug-likeness (QED) is 0.502. The second-order valence-electron chi connectivity index (χ2n) is 9.18. The number of sulfonamides is 1. The summed E-state index contributed by atoms with van der Waals surface area (Å²) in [6.45, 7) is -2.12. The summed E-state index contributed by atoms with van der Waals surface area (Å²) in [4.78, 5) is 14.3. The lowest BCUT2D eigenvalue weighted by atomic mass is 9.91. The average Bonchev–Trinajstić information content (AvgIpc) is 3.59. The number of carbonyl (C=O) groups excluding carboxylic acids is 1. The number of hydrogen-bond acceptors (Lipinski definition) is 3. The molecule has 35 heavy (non-hydrogen) atoms. The van der Waals surface area contributed by atoms with Gasteiger partial charge in [0, 0.05) is 23.6 Å². The van der Waals surface area contributed by atoms with Gasteiger partial charge in [-0.2, -0.15) is 0 Å². The Kier molecular flexibility index (Phi) is 7.37. The van der Waals surface area contributed by atoms with E-state index in [9.17, 15) is 26.4 Å². The van der Waals surface area contributed by atoms with Crippen LogP contribution in [0.2, 0.25) is 0 Å². The molecule has 190 valence electrons. The van der Waals surface area contributed by atoms with Gasteiger partial charge in [-0.1, -0.05) is 48.5 Å². The summed E-state index contributed by atoms with van der Waals surface area (Å²) in [5, 5.41) is 2.28. The number of alkyl halides is 3. The highest BCUT2D eigenvalue weighted by Crippen LogP contribution is 2.55. The lowest BCUT2D eigenvalue weighted by Gasteiger charge is -2.30. The molecule has 1 heterocycles. The number of benzene rings is 2. The van der Waals surface area contributed by atoms with Crippen LogP contribution in [0.15, 0.2) is 48.5 Å². The Morgan fingerprint density at radius 2 is 1.74 bits per heavy atom. The SMILES string of the molecule is O=C(NC(CF)CF)N1CC2(CC2)[C@H](NS(=O)(=O)CF)[C@@H]1Cc1cccc(-c2ccccc2)c1F. The molecule has 2 N–H and O–H groups in total. The first kappa shape index (κ1) is 25.4. The first-order chi connectivity index (χ1) is 16.7. The van der Waals surface area contributed by atoms with E-state index in [0.717, 1.165) is 0 Å². The van der Waals surface area contributed by atoms with Crippen LogP contribution < -0.4 is 10.0 Å². The molecule has 11 heteroatoms. The Hall–Kier alpha value is -2.66. The predicted octanol–water partition coefficient (Wildman–Crippen LogP) is 3.73. The van der Waals surface area contributed by atoms with E-state index >= 15 is 4.39 Å². The number of nitrogens with one attached hydrogen (secondary N) is 2. The van der Waals surface area contributed by atoms with E-state index in [1.54, 1.807) is 48.5 Å². The van der Waals surface area contributed by atoms with Crippen molar-refractivity contribution in [3.63, 3.8) is 0 Å². The molecule has 1 spiro atoms. The second kappa shape index (κ2) is 10.1. The van der Waals surface area contributed by atoms with Gasteiger partial charge in [-0.15, -0.1) is 0 Å². The first-order valence-corrected chi connectivity index (χ1v) is 13.0. The molecule has 1 saturated carbocycles. The summed E-state index contributed by atoms with van der Waals surface area (Å²) in [5.41, 5.74) is 0.589. The summed E-state index contributed by atoms with van der Waals surface area (Å²) in [5.74, 6) is -0.520. The molecular formula is C24H27F4N3O3S. The van der Waals surface area contributed by atoms with Crippen molar-refractivity contribution in [1.82, 2.24) is 14.9 Å². The molecule has 0 bridgehead atoms. The third-order valence-corrected chi connectivity index (χ3v) is 7.73. The summed E-state index contributed by atoms with van der Waals surface area (Å²) < 4.78 is 81.5. The Balaban J connectivity index is 1.69. The first-order valence-electron chi connectivity index (χ1n) is 11.3. The molecule has 1 saturated heterocycles. The van der Waals surface area contributed by atoms with Crippen LogP contribution in [0.4, 0.5) is 22.4 Å². The lowest BCUT2D eigenvalue weighted by molar-refractivity contribution is 0.178. The van der Waals surface area contributed by atoms with Crippen molar-refractivity contribution in [2.24, 2.45) is 5.41 Å². The van der Waals surface area contributed by atoms with Crippen LogP contribution in [-0.2, 0) is 16.4 Å². The summed E-state index contributed by atoms with van der Waals surface area (Å²) >= 11 is 0. The number of rotatable bonds is 9. The van der Waals surface area contributed by atoms with Gasteiger partial charge in [-0.3, -0.25) is 0 Å². The van der Waals surface area contributed by atoms with Gasteiger partial charge in [0.05, 0.1) is 12.1 Å². The number of urea groups is 1. The van der Waals surface area contributed by atoms with Crippen LogP contribution >= 0.6 is 0 Å². The van der Waals surface area contributed by atoms with Crippen LogP contribution in [-0.4, -0.2) is 63.4 Å². The standard InChI is InChI=1S/C24H27F4N3O3S/c25-12-18(13-26)29-23(32)31-14-24(9-10-24)22(30-35(33,34)15-27)20(31)11-17-7-4-8-19(21(17)28)16-5-2-1-3-6-16/h1-8,18,20,22,30H,9-15H2,(H,29,32)/t20-,22+/m0/s1. The van der Waals surface area contributed by atoms with Crippen molar-refractivity contribution in [3.05, 3.63) is 59.9 Å². The van der Waals surface area contributed by atoms with Crippen LogP contribution in [0.25, 0.3) is 11.1 Å². The lowest BCUT2D eigenvalue weighted by Crippen LogP contribution is -2.53. The van der Waals surface area contributed by atoms with Crippen LogP contribution in [0.1, 0.15) is 18.4 Å². The van der Waals surface area contributed by atoms with E-state index in [1.807, 2.05) is 0 Å². The number of hydrogen-bond donors (Lipinski definition) is 2. The van der Waals surface area contributed by atoms with Gasteiger partial charge < -0.3 is 10.2 Å². The monoisotopic (exact) mass is 513 g/mol. The molecule has 0 radical (unpaired) electrons. The zero-order valence-corrected chi connectivity index (χ0v) is 19.7. The average molecular weight is 514 g/mol. The summed E-state index contributed by atoms with van der Waals surface area (Å²) in [6.07, 6.45) is 1.08. The summed E-state index contributed by atoms with van der Waals surface area (Å²) in [6, 6.07) is 8.16. The van der Waals surface area contributed by atoms with Crippen molar-refractivity contribution in [1.29, 1.82) is 0 Å². The number of likely N-dealkylation sites (tertiary alicyclic amines) is 1. The van der Waals surface area contributed by atoms with Gasteiger partial charge in [-0.05, 0) is 30.4 Å². The molecule has 2 fully saturated rings. The van der Waals surface area contributed by atoms with Crippen molar-refractivity contribution in [2.75, 3.05) is 25.9 Å². The van der Waals surface area contributed by atoms with Crippen molar-refractivity contribution in [3.8, 4) is 11.1 Å². The molecule has 2 amide bonds. The van der Waals surface area contributed by atoms with E-state index < -0.39 is 64.8 Å². The molecule has 6 nitrogen and oxygen atoms in total.